The number of hydrogen-bond acceptors (Lipinski definition) is 2. The lowest BCUT2D eigenvalue weighted by molar-refractivity contribution is 0.0998. The van der Waals surface area contributed by atoms with Crippen molar-refractivity contribution in [2.75, 3.05) is 5.32 Å². The standard InChI is InChI=1S/C17H15NO2/c1-11-8-9-14-12(2)16(20-15(14)10-11)17(19)18-13-6-4-3-5-7-13/h3-10H,1-2H3,(H,18,19). The molecule has 2 aromatic carbocycles. The number of furan rings is 1. The first kappa shape index (κ1) is 12.5. The van der Waals surface area contributed by atoms with Crippen LogP contribution in [-0.2, 0) is 0 Å². The normalized spacial score (nSPS) is 10.7. The Hall–Kier alpha value is -2.55. The number of benzene rings is 2. The Morgan fingerprint density at radius 2 is 1.80 bits per heavy atom. The average Bonchev–Trinajstić information content (AvgIpc) is 2.76. The summed E-state index contributed by atoms with van der Waals surface area (Å²) in [6.07, 6.45) is 0. The van der Waals surface area contributed by atoms with Crippen LogP contribution in [0.5, 0.6) is 0 Å². The number of carbonyl (C=O) groups is 1. The SMILES string of the molecule is Cc1ccc2c(C)c(C(=O)Nc3ccccc3)oc2c1. The van der Waals surface area contributed by atoms with Crippen molar-refractivity contribution in [1.29, 1.82) is 0 Å². The van der Waals surface area contributed by atoms with Crippen molar-refractivity contribution in [2.45, 2.75) is 13.8 Å². The van der Waals surface area contributed by atoms with Gasteiger partial charge in [-0.15, -0.1) is 0 Å². The number of anilines is 1. The number of hydrogen-bond donors (Lipinski definition) is 1. The molecule has 0 radical (unpaired) electrons. The molecule has 1 aromatic heterocycles. The van der Waals surface area contributed by atoms with Crippen molar-refractivity contribution in [3.63, 3.8) is 0 Å². The lowest BCUT2D eigenvalue weighted by atomic mass is 10.1. The van der Waals surface area contributed by atoms with Crippen LogP contribution in [0, 0.1) is 13.8 Å². The van der Waals surface area contributed by atoms with Crippen molar-refractivity contribution in [2.24, 2.45) is 0 Å². The fraction of sp³-hybridized carbons (Fsp3) is 0.118. The van der Waals surface area contributed by atoms with E-state index >= 15 is 0 Å². The van der Waals surface area contributed by atoms with Gasteiger partial charge in [0.25, 0.3) is 5.91 Å². The van der Waals surface area contributed by atoms with E-state index in [-0.39, 0.29) is 5.91 Å². The van der Waals surface area contributed by atoms with Crippen molar-refractivity contribution < 1.29 is 9.21 Å². The first-order chi connectivity index (χ1) is 9.65. The Kier molecular flexibility index (Phi) is 3.03. The highest BCUT2D eigenvalue weighted by molar-refractivity contribution is 6.06. The van der Waals surface area contributed by atoms with Gasteiger partial charge in [-0.05, 0) is 37.6 Å². The molecule has 0 fully saturated rings. The topological polar surface area (TPSA) is 42.2 Å². The zero-order chi connectivity index (χ0) is 14.1. The van der Waals surface area contributed by atoms with Gasteiger partial charge in [-0.1, -0.05) is 30.3 Å². The summed E-state index contributed by atoms with van der Waals surface area (Å²) in [7, 11) is 0. The molecule has 0 aliphatic carbocycles. The molecule has 3 aromatic rings. The minimum atomic E-state index is -0.220. The van der Waals surface area contributed by atoms with E-state index in [1.54, 1.807) is 0 Å². The molecule has 100 valence electrons. The fourth-order valence-electron chi connectivity index (χ4n) is 2.26. The van der Waals surface area contributed by atoms with Gasteiger partial charge in [0.15, 0.2) is 5.76 Å². The number of carbonyl (C=O) groups excluding carboxylic acids is 1. The second-order valence-corrected chi connectivity index (χ2v) is 4.88. The number of fused-ring (bicyclic) bond motifs is 1. The minimum absolute atomic E-state index is 0.220. The Bertz CT molecular complexity index is 772. The average molecular weight is 265 g/mol. The van der Waals surface area contributed by atoms with E-state index in [0.29, 0.717) is 5.76 Å². The van der Waals surface area contributed by atoms with Gasteiger partial charge in [-0.2, -0.15) is 0 Å². The molecule has 3 rings (SSSR count). The third-order valence-electron chi connectivity index (χ3n) is 3.33. The summed E-state index contributed by atoms with van der Waals surface area (Å²) in [6, 6.07) is 15.3. The zero-order valence-electron chi connectivity index (χ0n) is 11.4. The van der Waals surface area contributed by atoms with Gasteiger partial charge >= 0.3 is 0 Å². The number of rotatable bonds is 2. The Morgan fingerprint density at radius 3 is 2.55 bits per heavy atom. The molecular weight excluding hydrogens is 250 g/mol. The quantitative estimate of drug-likeness (QED) is 0.750. The molecular formula is C17H15NO2. The van der Waals surface area contributed by atoms with E-state index < -0.39 is 0 Å². The summed E-state index contributed by atoms with van der Waals surface area (Å²) in [6.45, 7) is 3.90. The van der Waals surface area contributed by atoms with Crippen LogP contribution in [0.15, 0.2) is 52.9 Å². The number of nitrogens with one attached hydrogen (secondary N) is 1. The van der Waals surface area contributed by atoms with Crippen molar-refractivity contribution in [3.05, 3.63) is 65.4 Å². The molecule has 1 heterocycles. The molecule has 20 heavy (non-hydrogen) atoms. The molecule has 0 bridgehead atoms. The first-order valence-electron chi connectivity index (χ1n) is 6.51. The van der Waals surface area contributed by atoms with E-state index in [0.717, 1.165) is 27.8 Å². The third kappa shape index (κ3) is 2.18. The van der Waals surface area contributed by atoms with Gasteiger partial charge in [-0.3, -0.25) is 4.79 Å². The molecule has 3 nitrogen and oxygen atoms in total. The van der Waals surface area contributed by atoms with Crippen molar-refractivity contribution >= 4 is 22.6 Å². The van der Waals surface area contributed by atoms with Crippen molar-refractivity contribution in [1.82, 2.24) is 0 Å². The lowest BCUT2D eigenvalue weighted by Crippen LogP contribution is -2.11. The highest BCUT2D eigenvalue weighted by Gasteiger charge is 2.17. The molecule has 1 amide bonds. The number of aryl methyl sites for hydroxylation is 2. The van der Waals surface area contributed by atoms with Gasteiger partial charge in [-0.25, -0.2) is 0 Å². The largest absolute Gasteiger partial charge is 0.451 e. The van der Waals surface area contributed by atoms with Gasteiger partial charge in [0.1, 0.15) is 5.58 Å². The molecule has 0 aliphatic heterocycles. The molecule has 0 atom stereocenters. The summed E-state index contributed by atoms with van der Waals surface area (Å²) in [5, 5.41) is 3.82. The Balaban J connectivity index is 1.97. The molecule has 3 heteroatoms. The predicted molar refractivity (Wildman–Crippen MR) is 80.1 cm³/mol. The second kappa shape index (κ2) is 4.85. The summed E-state index contributed by atoms with van der Waals surface area (Å²) >= 11 is 0. The fourth-order valence-corrected chi connectivity index (χ4v) is 2.26. The predicted octanol–water partition coefficient (Wildman–Crippen LogP) is 4.30. The highest BCUT2D eigenvalue weighted by Crippen LogP contribution is 2.26. The molecule has 0 saturated heterocycles. The van der Waals surface area contributed by atoms with Crippen LogP contribution in [0.3, 0.4) is 0 Å². The Morgan fingerprint density at radius 1 is 1.05 bits per heavy atom. The molecule has 0 saturated carbocycles. The molecule has 0 unspecified atom stereocenters. The second-order valence-electron chi connectivity index (χ2n) is 4.88. The molecule has 0 aliphatic rings. The van der Waals surface area contributed by atoms with E-state index in [2.05, 4.69) is 5.32 Å². The number of para-hydroxylation sites is 1. The monoisotopic (exact) mass is 265 g/mol. The lowest BCUT2D eigenvalue weighted by Gasteiger charge is -2.02. The summed E-state index contributed by atoms with van der Waals surface area (Å²) in [5.41, 5.74) is 3.49. The summed E-state index contributed by atoms with van der Waals surface area (Å²) in [4.78, 5) is 12.3. The van der Waals surface area contributed by atoms with Crippen LogP contribution in [0.4, 0.5) is 5.69 Å². The van der Waals surface area contributed by atoms with Crippen LogP contribution >= 0.6 is 0 Å². The zero-order valence-corrected chi connectivity index (χ0v) is 11.4. The number of amides is 1. The molecule has 0 spiro atoms. The minimum Gasteiger partial charge on any atom is -0.451 e. The third-order valence-corrected chi connectivity index (χ3v) is 3.33. The summed E-state index contributed by atoms with van der Waals surface area (Å²) < 4.78 is 5.70. The van der Waals surface area contributed by atoms with Crippen LogP contribution < -0.4 is 5.32 Å². The highest BCUT2D eigenvalue weighted by atomic mass is 16.3. The van der Waals surface area contributed by atoms with E-state index in [4.69, 9.17) is 4.42 Å². The van der Waals surface area contributed by atoms with E-state index in [9.17, 15) is 4.79 Å². The first-order valence-corrected chi connectivity index (χ1v) is 6.51. The van der Waals surface area contributed by atoms with Crippen molar-refractivity contribution in [3.8, 4) is 0 Å². The van der Waals surface area contributed by atoms with Crippen LogP contribution in [0.1, 0.15) is 21.7 Å². The summed E-state index contributed by atoms with van der Waals surface area (Å²) in [5.74, 6) is 0.150. The van der Waals surface area contributed by atoms with E-state index in [1.165, 1.54) is 0 Å². The smallest absolute Gasteiger partial charge is 0.291 e. The Labute approximate surface area is 117 Å². The van der Waals surface area contributed by atoms with Gasteiger partial charge in [0, 0.05) is 16.6 Å². The maximum atomic E-state index is 12.3. The van der Waals surface area contributed by atoms with Gasteiger partial charge in [0.05, 0.1) is 0 Å². The maximum absolute atomic E-state index is 12.3. The van der Waals surface area contributed by atoms with Crippen LogP contribution in [0.25, 0.3) is 11.0 Å². The van der Waals surface area contributed by atoms with Crippen LogP contribution in [0.2, 0.25) is 0 Å². The maximum Gasteiger partial charge on any atom is 0.291 e. The molecule has 1 N–H and O–H groups in total. The van der Waals surface area contributed by atoms with Crippen LogP contribution in [-0.4, -0.2) is 5.91 Å². The van der Waals surface area contributed by atoms with E-state index in [1.807, 2.05) is 62.4 Å². The van der Waals surface area contributed by atoms with Gasteiger partial charge < -0.3 is 9.73 Å². The van der Waals surface area contributed by atoms with Gasteiger partial charge in [0.2, 0.25) is 0 Å².